The summed E-state index contributed by atoms with van der Waals surface area (Å²) in [7, 11) is -1.69. The molecule has 1 aromatic carbocycles. The van der Waals surface area contributed by atoms with Crippen LogP contribution >= 0.6 is 0 Å². The molecule has 2 nitrogen and oxygen atoms in total. The Hall–Kier alpha value is -1.32. The highest BCUT2D eigenvalue weighted by molar-refractivity contribution is 6.73. The van der Waals surface area contributed by atoms with E-state index < -0.39 is 8.32 Å². The number of ether oxygens (including phenoxy) is 1. The Morgan fingerprint density at radius 1 is 1.07 bits per heavy atom. The summed E-state index contributed by atoms with van der Waals surface area (Å²) in [6.07, 6.45) is 8.52. The number of benzene rings is 1. The number of allylic oxidation sites excluding steroid dienone is 3. The highest BCUT2D eigenvalue weighted by atomic mass is 28.4. The lowest BCUT2D eigenvalue weighted by Gasteiger charge is -2.38. The van der Waals surface area contributed by atoms with Crippen molar-refractivity contribution in [3.05, 3.63) is 59.4 Å². The van der Waals surface area contributed by atoms with Gasteiger partial charge in [-0.15, -0.1) is 0 Å². The molecule has 1 aromatic rings. The van der Waals surface area contributed by atoms with Crippen LogP contribution in [0.4, 0.5) is 0 Å². The van der Waals surface area contributed by atoms with Gasteiger partial charge in [-0.1, -0.05) is 78.0 Å². The van der Waals surface area contributed by atoms with Gasteiger partial charge in [-0.3, -0.25) is 0 Å². The first kappa shape index (κ1) is 23.3. The van der Waals surface area contributed by atoms with Crippen molar-refractivity contribution in [1.82, 2.24) is 0 Å². The summed E-state index contributed by atoms with van der Waals surface area (Å²) < 4.78 is 13.4. The fourth-order valence-corrected chi connectivity index (χ4v) is 8.19. The normalized spacial score (nSPS) is 26.8. The molecule has 0 aromatic heterocycles. The lowest BCUT2D eigenvalue weighted by Crippen LogP contribution is -2.36. The monoisotopic (exact) mass is 426 g/mol. The first-order valence-electron chi connectivity index (χ1n) is 12.1. The number of hydrogen-bond acceptors (Lipinski definition) is 2. The molecule has 0 unspecified atom stereocenters. The predicted molar refractivity (Wildman–Crippen MR) is 130 cm³/mol. The lowest BCUT2D eigenvalue weighted by atomic mass is 9.68. The van der Waals surface area contributed by atoms with Gasteiger partial charge in [0.15, 0.2) is 0 Å². The maximum absolute atomic E-state index is 6.97. The van der Waals surface area contributed by atoms with Gasteiger partial charge < -0.3 is 9.16 Å². The minimum absolute atomic E-state index is 0.108. The van der Waals surface area contributed by atoms with E-state index in [-0.39, 0.29) is 5.41 Å². The molecule has 3 atom stereocenters. The highest BCUT2D eigenvalue weighted by Gasteiger charge is 2.48. The third-order valence-corrected chi connectivity index (χ3v) is 12.3. The Morgan fingerprint density at radius 2 is 1.73 bits per heavy atom. The second-order valence-corrected chi connectivity index (χ2v) is 14.6. The smallest absolute Gasteiger partial charge is 0.250 e. The molecule has 0 heterocycles. The van der Waals surface area contributed by atoms with E-state index in [9.17, 15) is 0 Å². The van der Waals surface area contributed by atoms with Gasteiger partial charge in [0.1, 0.15) is 5.76 Å². The van der Waals surface area contributed by atoms with Gasteiger partial charge in [0.2, 0.25) is 8.32 Å². The summed E-state index contributed by atoms with van der Waals surface area (Å²) in [4.78, 5) is 0. The van der Waals surface area contributed by atoms with Crippen LogP contribution in [0.1, 0.15) is 66.4 Å². The maximum Gasteiger partial charge on any atom is 0.250 e. The molecule has 2 aliphatic carbocycles. The van der Waals surface area contributed by atoms with Crippen molar-refractivity contribution in [2.24, 2.45) is 17.3 Å². The van der Waals surface area contributed by atoms with E-state index in [0.717, 1.165) is 19.3 Å². The zero-order valence-electron chi connectivity index (χ0n) is 20.0. The topological polar surface area (TPSA) is 18.5 Å². The van der Waals surface area contributed by atoms with E-state index >= 15 is 0 Å². The summed E-state index contributed by atoms with van der Waals surface area (Å²) in [5, 5.41) is 0. The van der Waals surface area contributed by atoms with Crippen molar-refractivity contribution < 1.29 is 9.16 Å². The van der Waals surface area contributed by atoms with Gasteiger partial charge >= 0.3 is 0 Å². The summed E-state index contributed by atoms with van der Waals surface area (Å²) >= 11 is 0. The van der Waals surface area contributed by atoms with E-state index in [2.05, 4.69) is 84.0 Å². The first-order chi connectivity index (χ1) is 14.4. The molecule has 0 radical (unpaired) electrons. The predicted octanol–water partition coefficient (Wildman–Crippen LogP) is 7.88. The summed E-state index contributed by atoms with van der Waals surface area (Å²) in [6, 6.07) is 14.1. The zero-order chi connectivity index (χ0) is 21.8. The summed E-state index contributed by atoms with van der Waals surface area (Å²) in [5.74, 6) is 2.32. The van der Waals surface area contributed by atoms with E-state index in [0.29, 0.717) is 24.5 Å². The molecule has 0 bridgehead atoms. The van der Waals surface area contributed by atoms with Crippen LogP contribution in [0.3, 0.4) is 0 Å². The van der Waals surface area contributed by atoms with Gasteiger partial charge in [-0.05, 0) is 66.4 Å². The molecule has 2 aliphatic rings. The van der Waals surface area contributed by atoms with Crippen molar-refractivity contribution in [1.29, 1.82) is 0 Å². The molecular weight excluding hydrogens is 384 g/mol. The van der Waals surface area contributed by atoms with E-state index in [1.165, 1.54) is 35.0 Å². The highest BCUT2D eigenvalue weighted by Crippen LogP contribution is 2.55. The van der Waals surface area contributed by atoms with Crippen molar-refractivity contribution in [2.45, 2.75) is 91.6 Å². The average molecular weight is 427 g/mol. The second-order valence-electron chi connectivity index (χ2n) is 9.88. The lowest BCUT2D eigenvalue weighted by molar-refractivity contribution is 0.00402. The zero-order valence-corrected chi connectivity index (χ0v) is 21.0. The Bertz CT molecular complexity index is 739. The molecule has 3 heteroatoms. The molecule has 0 saturated heterocycles. The second kappa shape index (κ2) is 9.87. The van der Waals surface area contributed by atoms with E-state index in [1.54, 1.807) is 0 Å². The molecule has 3 rings (SSSR count). The van der Waals surface area contributed by atoms with Crippen LogP contribution in [-0.4, -0.2) is 14.4 Å². The number of hydrogen-bond donors (Lipinski definition) is 0. The Kier molecular flexibility index (Phi) is 7.68. The average Bonchev–Trinajstić information content (AvgIpc) is 2.90. The van der Waals surface area contributed by atoms with Gasteiger partial charge in [0.25, 0.3) is 0 Å². The number of fused-ring (bicyclic) bond motifs is 1. The third-order valence-electron chi connectivity index (χ3n) is 7.74. The fraction of sp³-hybridized carbons (Fsp3) is 0.630. The van der Waals surface area contributed by atoms with E-state index in [1.807, 2.05) is 0 Å². The van der Waals surface area contributed by atoms with Crippen LogP contribution in [0.15, 0.2) is 53.8 Å². The fourth-order valence-electron chi connectivity index (χ4n) is 5.61. The molecule has 0 N–H and O–H groups in total. The third kappa shape index (κ3) is 4.78. The van der Waals surface area contributed by atoms with Gasteiger partial charge in [-0.25, -0.2) is 0 Å². The maximum atomic E-state index is 6.97. The van der Waals surface area contributed by atoms with Gasteiger partial charge in [0.05, 0.1) is 12.7 Å². The van der Waals surface area contributed by atoms with Gasteiger partial charge in [-0.2, -0.15) is 0 Å². The minimum Gasteiger partial charge on any atom is -0.544 e. The van der Waals surface area contributed by atoms with Crippen LogP contribution in [0, 0.1) is 17.3 Å². The molecular formula is C27H42O2Si. The molecule has 0 fully saturated rings. The molecule has 0 saturated carbocycles. The first-order valence-corrected chi connectivity index (χ1v) is 14.7. The van der Waals surface area contributed by atoms with Crippen LogP contribution in [-0.2, 0) is 15.8 Å². The molecule has 0 amide bonds. The minimum atomic E-state index is -1.69. The molecule has 0 spiro atoms. The Labute approximate surface area is 185 Å². The molecule has 166 valence electrons. The quantitative estimate of drug-likeness (QED) is 0.374. The van der Waals surface area contributed by atoms with Crippen molar-refractivity contribution >= 4 is 8.32 Å². The molecule has 0 aliphatic heterocycles. The molecule has 30 heavy (non-hydrogen) atoms. The van der Waals surface area contributed by atoms with Crippen molar-refractivity contribution in [3.8, 4) is 0 Å². The summed E-state index contributed by atoms with van der Waals surface area (Å²) in [5.41, 5.74) is 2.84. The van der Waals surface area contributed by atoms with Crippen LogP contribution in [0.5, 0.6) is 0 Å². The summed E-state index contributed by atoms with van der Waals surface area (Å²) in [6.45, 7) is 14.9. The van der Waals surface area contributed by atoms with Crippen LogP contribution in [0.25, 0.3) is 0 Å². The SMILES string of the molecule is CC[Si](CC)(CC)OC1=C[C@H](C(C)C)[C@@]2(C)C[C@@H](OCc3ccccc3)CCC=C12. The Morgan fingerprint density at radius 3 is 2.33 bits per heavy atom. The van der Waals surface area contributed by atoms with E-state index in [4.69, 9.17) is 9.16 Å². The standard InChI is InChI=1S/C27H42O2Si/c1-7-30(8-2,9-3)29-26-18-25(21(4)5)27(6)19-23(16-13-17-24(26)27)28-20-22-14-11-10-12-15-22/h10-12,14-15,17-18,21,23,25H,7-9,13,16,19-20H2,1-6H3/t23-,25+,27-/m0/s1. The van der Waals surface area contributed by atoms with Crippen LogP contribution < -0.4 is 0 Å². The largest absolute Gasteiger partial charge is 0.544 e. The number of rotatable bonds is 9. The van der Waals surface area contributed by atoms with Crippen molar-refractivity contribution in [2.75, 3.05) is 0 Å². The van der Waals surface area contributed by atoms with Gasteiger partial charge in [0, 0.05) is 5.41 Å². The Balaban J connectivity index is 1.81. The van der Waals surface area contributed by atoms with Crippen molar-refractivity contribution in [3.63, 3.8) is 0 Å². The van der Waals surface area contributed by atoms with Crippen LogP contribution in [0.2, 0.25) is 18.1 Å².